The first-order chi connectivity index (χ1) is 10.1. The van der Waals surface area contributed by atoms with Crippen LogP contribution in [0.3, 0.4) is 0 Å². The van der Waals surface area contributed by atoms with E-state index in [4.69, 9.17) is 15.2 Å². The zero-order chi connectivity index (χ0) is 15.7. The molecule has 1 atom stereocenters. The Balaban J connectivity index is 0.00000441. The molecule has 1 aromatic rings. The van der Waals surface area contributed by atoms with Crippen molar-refractivity contribution in [3.8, 4) is 11.5 Å². The van der Waals surface area contributed by atoms with Crippen molar-refractivity contribution in [1.29, 1.82) is 0 Å². The standard InChI is InChI=1S/C15H24N2O3S.ClH/c1-17(15(18)14(16)8-11-21-3)9-10-20-13-6-4-12(19-2)5-7-13;/h4-7,14H,8-11,16H2,1-3H3;1H/t14-;/m0./s1. The zero-order valence-corrected chi connectivity index (χ0v) is 14.9. The lowest BCUT2D eigenvalue weighted by molar-refractivity contribution is -0.131. The maximum atomic E-state index is 12.0. The Kier molecular flexibility index (Phi) is 10.9. The third-order valence-electron chi connectivity index (χ3n) is 3.08. The molecule has 0 aliphatic carbocycles. The molecule has 1 amide bonds. The van der Waals surface area contributed by atoms with Gasteiger partial charge in [0.05, 0.1) is 19.7 Å². The van der Waals surface area contributed by atoms with Gasteiger partial charge in [-0.05, 0) is 42.7 Å². The topological polar surface area (TPSA) is 64.8 Å². The number of nitrogens with two attached hydrogens (primary N) is 1. The van der Waals surface area contributed by atoms with Crippen molar-refractivity contribution in [1.82, 2.24) is 4.90 Å². The lowest BCUT2D eigenvalue weighted by Crippen LogP contribution is -2.43. The summed E-state index contributed by atoms with van der Waals surface area (Å²) in [6.45, 7) is 0.946. The van der Waals surface area contributed by atoms with Gasteiger partial charge in [0.25, 0.3) is 0 Å². The molecule has 0 fully saturated rings. The second-order valence-corrected chi connectivity index (χ2v) is 5.66. The average molecular weight is 349 g/mol. The number of hydrogen-bond acceptors (Lipinski definition) is 5. The Morgan fingerprint density at radius 1 is 1.32 bits per heavy atom. The van der Waals surface area contributed by atoms with Gasteiger partial charge in [-0.15, -0.1) is 12.4 Å². The van der Waals surface area contributed by atoms with E-state index >= 15 is 0 Å². The number of nitrogens with zero attached hydrogens (tertiary/aromatic N) is 1. The Labute approximate surface area is 142 Å². The number of carbonyl (C=O) groups excluding carboxylic acids is 1. The Morgan fingerprint density at radius 3 is 2.45 bits per heavy atom. The van der Waals surface area contributed by atoms with Gasteiger partial charge in [-0.1, -0.05) is 0 Å². The van der Waals surface area contributed by atoms with Crippen molar-refractivity contribution >= 4 is 30.1 Å². The molecular formula is C15H25ClN2O3S. The van der Waals surface area contributed by atoms with Gasteiger partial charge in [-0.25, -0.2) is 0 Å². The van der Waals surface area contributed by atoms with E-state index in [1.807, 2.05) is 30.5 Å². The van der Waals surface area contributed by atoms with Crippen LogP contribution in [-0.2, 0) is 4.79 Å². The van der Waals surface area contributed by atoms with E-state index in [2.05, 4.69) is 0 Å². The molecule has 0 saturated heterocycles. The molecular weight excluding hydrogens is 324 g/mol. The number of likely N-dealkylation sites (N-methyl/N-ethyl adjacent to an activating group) is 1. The van der Waals surface area contributed by atoms with E-state index in [0.29, 0.717) is 19.6 Å². The summed E-state index contributed by atoms with van der Waals surface area (Å²) < 4.78 is 10.7. The van der Waals surface area contributed by atoms with Gasteiger partial charge >= 0.3 is 0 Å². The summed E-state index contributed by atoms with van der Waals surface area (Å²) in [6.07, 6.45) is 2.70. The zero-order valence-electron chi connectivity index (χ0n) is 13.3. The molecule has 2 N–H and O–H groups in total. The smallest absolute Gasteiger partial charge is 0.239 e. The largest absolute Gasteiger partial charge is 0.497 e. The van der Waals surface area contributed by atoms with Crippen LogP contribution in [0.25, 0.3) is 0 Å². The van der Waals surface area contributed by atoms with Gasteiger partial charge in [0, 0.05) is 7.05 Å². The summed E-state index contributed by atoms with van der Waals surface area (Å²) in [4.78, 5) is 13.6. The monoisotopic (exact) mass is 348 g/mol. The predicted octanol–water partition coefficient (Wildman–Crippen LogP) is 2.03. The molecule has 0 radical (unpaired) electrons. The Morgan fingerprint density at radius 2 is 1.91 bits per heavy atom. The molecule has 126 valence electrons. The number of carbonyl (C=O) groups is 1. The molecule has 0 saturated carbocycles. The molecule has 0 unspecified atom stereocenters. The first kappa shape index (κ1) is 20.9. The van der Waals surface area contributed by atoms with Crippen LogP contribution in [0.1, 0.15) is 6.42 Å². The summed E-state index contributed by atoms with van der Waals surface area (Å²) in [5, 5.41) is 0. The van der Waals surface area contributed by atoms with E-state index in [1.165, 1.54) is 0 Å². The predicted molar refractivity (Wildman–Crippen MR) is 94.3 cm³/mol. The summed E-state index contributed by atoms with van der Waals surface area (Å²) in [5.74, 6) is 2.39. The Hall–Kier alpha value is -1.11. The molecule has 0 aliphatic rings. The Bertz CT molecular complexity index is 431. The number of halogens is 1. The third-order valence-corrected chi connectivity index (χ3v) is 3.73. The number of amides is 1. The quantitative estimate of drug-likeness (QED) is 0.739. The van der Waals surface area contributed by atoms with Crippen LogP contribution in [0.2, 0.25) is 0 Å². The van der Waals surface area contributed by atoms with Gasteiger partial charge in [-0.2, -0.15) is 11.8 Å². The highest BCUT2D eigenvalue weighted by atomic mass is 35.5. The summed E-state index contributed by atoms with van der Waals surface area (Å²) >= 11 is 1.69. The second-order valence-electron chi connectivity index (χ2n) is 4.67. The van der Waals surface area contributed by atoms with Gasteiger partial charge in [0.1, 0.15) is 18.1 Å². The summed E-state index contributed by atoms with van der Waals surface area (Å²) in [5.41, 5.74) is 5.86. The van der Waals surface area contributed by atoms with Crippen molar-refractivity contribution in [2.24, 2.45) is 5.73 Å². The number of methoxy groups -OCH3 is 1. The minimum atomic E-state index is -0.427. The van der Waals surface area contributed by atoms with Crippen LogP contribution in [0, 0.1) is 0 Å². The van der Waals surface area contributed by atoms with Crippen LogP contribution in [0.4, 0.5) is 0 Å². The van der Waals surface area contributed by atoms with Gasteiger partial charge in [0.2, 0.25) is 5.91 Å². The fourth-order valence-electron chi connectivity index (χ4n) is 1.73. The first-order valence-electron chi connectivity index (χ1n) is 6.84. The van der Waals surface area contributed by atoms with Crippen molar-refractivity contribution in [3.63, 3.8) is 0 Å². The number of rotatable bonds is 9. The van der Waals surface area contributed by atoms with Gasteiger partial charge in [-0.3, -0.25) is 4.79 Å². The molecule has 1 aromatic carbocycles. The van der Waals surface area contributed by atoms with E-state index in [9.17, 15) is 4.79 Å². The summed E-state index contributed by atoms with van der Waals surface area (Å²) in [6, 6.07) is 6.92. The average Bonchev–Trinajstić information content (AvgIpc) is 2.52. The molecule has 22 heavy (non-hydrogen) atoms. The van der Waals surface area contributed by atoms with Gasteiger partial charge < -0.3 is 20.1 Å². The third kappa shape index (κ3) is 7.24. The highest BCUT2D eigenvalue weighted by Crippen LogP contribution is 2.16. The lowest BCUT2D eigenvalue weighted by Gasteiger charge is -2.21. The van der Waals surface area contributed by atoms with Crippen LogP contribution < -0.4 is 15.2 Å². The maximum absolute atomic E-state index is 12.0. The normalized spacial score (nSPS) is 11.3. The van der Waals surface area contributed by atoms with Crippen molar-refractivity contribution < 1.29 is 14.3 Å². The van der Waals surface area contributed by atoms with Crippen LogP contribution in [-0.4, -0.2) is 56.2 Å². The highest BCUT2D eigenvalue weighted by Gasteiger charge is 2.17. The molecule has 1 rings (SSSR count). The van der Waals surface area contributed by atoms with Gasteiger partial charge in [0.15, 0.2) is 0 Å². The van der Waals surface area contributed by atoms with E-state index in [0.717, 1.165) is 17.3 Å². The molecule has 0 aromatic heterocycles. The van der Waals surface area contributed by atoms with Crippen molar-refractivity contribution in [2.45, 2.75) is 12.5 Å². The number of ether oxygens (including phenoxy) is 2. The molecule has 5 nitrogen and oxygen atoms in total. The van der Waals surface area contributed by atoms with E-state index < -0.39 is 6.04 Å². The van der Waals surface area contributed by atoms with E-state index in [1.54, 1.807) is 30.8 Å². The second kappa shape index (κ2) is 11.5. The highest BCUT2D eigenvalue weighted by molar-refractivity contribution is 7.98. The fourth-order valence-corrected chi connectivity index (χ4v) is 2.22. The van der Waals surface area contributed by atoms with Crippen LogP contribution in [0.5, 0.6) is 11.5 Å². The number of thioether (sulfide) groups is 1. The number of benzene rings is 1. The van der Waals surface area contributed by atoms with Crippen LogP contribution in [0.15, 0.2) is 24.3 Å². The minimum absolute atomic E-state index is 0. The number of hydrogen-bond donors (Lipinski definition) is 1. The van der Waals surface area contributed by atoms with E-state index in [-0.39, 0.29) is 18.3 Å². The van der Waals surface area contributed by atoms with Crippen LogP contribution >= 0.6 is 24.2 Å². The SMILES string of the molecule is COc1ccc(OCCN(C)C(=O)[C@@H](N)CCSC)cc1.Cl. The fraction of sp³-hybridized carbons (Fsp3) is 0.533. The molecule has 0 heterocycles. The maximum Gasteiger partial charge on any atom is 0.239 e. The molecule has 0 bridgehead atoms. The molecule has 0 spiro atoms. The van der Waals surface area contributed by atoms with Crippen molar-refractivity contribution in [3.05, 3.63) is 24.3 Å². The first-order valence-corrected chi connectivity index (χ1v) is 8.24. The molecule has 0 aliphatic heterocycles. The summed E-state index contributed by atoms with van der Waals surface area (Å²) in [7, 11) is 3.37. The minimum Gasteiger partial charge on any atom is -0.497 e. The molecule has 7 heteroatoms. The van der Waals surface area contributed by atoms with Crippen molar-refractivity contribution in [2.75, 3.05) is 39.3 Å². The lowest BCUT2D eigenvalue weighted by atomic mass is 10.2.